The number of rotatable bonds is 7. The molecule has 1 amide bonds. The highest BCUT2D eigenvalue weighted by molar-refractivity contribution is 5.92. The Morgan fingerprint density at radius 3 is 2.94 bits per heavy atom. The highest BCUT2D eigenvalue weighted by atomic mass is 16.5. The summed E-state index contributed by atoms with van der Waals surface area (Å²) in [5.41, 5.74) is 2.92. The summed E-state index contributed by atoms with van der Waals surface area (Å²) < 4.78 is 8.89. The summed E-state index contributed by atoms with van der Waals surface area (Å²) in [5, 5.41) is 6.32. The van der Waals surface area contributed by atoms with Crippen LogP contribution in [0.2, 0.25) is 0 Å². The van der Waals surface area contributed by atoms with Crippen LogP contribution < -0.4 is 16.2 Å². The van der Waals surface area contributed by atoms with Crippen molar-refractivity contribution in [2.45, 2.75) is 25.9 Å². The molecular formula is C24H26N6O3. The molecule has 1 aliphatic heterocycles. The van der Waals surface area contributed by atoms with Crippen LogP contribution in [0.4, 0.5) is 0 Å². The number of aromatic nitrogens is 4. The molecule has 2 N–H and O–H groups in total. The smallest absolute Gasteiger partial charge is 0.270 e. The lowest BCUT2D eigenvalue weighted by molar-refractivity contribution is 0.0547. The van der Waals surface area contributed by atoms with E-state index in [9.17, 15) is 9.59 Å². The van der Waals surface area contributed by atoms with Gasteiger partial charge in [0.2, 0.25) is 0 Å². The molecule has 4 aromatic heterocycles. The van der Waals surface area contributed by atoms with Crippen LogP contribution in [0, 0.1) is 5.92 Å². The van der Waals surface area contributed by atoms with Crippen molar-refractivity contribution in [3.63, 3.8) is 0 Å². The third-order valence-corrected chi connectivity index (χ3v) is 5.81. The van der Waals surface area contributed by atoms with E-state index in [2.05, 4.69) is 26.7 Å². The number of nitrogens with zero attached hydrogens (tertiary/aromatic N) is 4. The monoisotopic (exact) mass is 446 g/mol. The lowest BCUT2D eigenvalue weighted by Gasteiger charge is -2.22. The van der Waals surface area contributed by atoms with E-state index in [1.165, 1.54) is 16.9 Å². The number of carbonyl (C=O) groups excluding carboxylic acids is 1. The second-order valence-electron chi connectivity index (χ2n) is 8.34. The number of amides is 1. The zero-order valence-corrected chi connectivity index (χ0v) is 18.2. The second-order valence-corrected chi connectivity index (χ2v) is 8.34. The SMILES string of the molecule is O=C(NCc1cn2cc(CNCC3CCCOC3)ccc2n1)c1cc(=O)n2ccccc2n1. The first kappa shape index (κ1) is 21.3. The van der Waals surface area contributed by atoms with Crippen LogP contribution in [-0.4, -0.2) is 44.4 Å². The van der Waals surface area contributed by atoms with Gasteiger partial charge in [0.15, 0.2) is 0 Å². The van der Waals surface area contributed by atoms with Gasteiger partial charge in [0.05, 0.1) is 18.8 Å². The predicted molar refractivity (Wildman–Crippen MR) is 123 cm³/mol. The molecule has 0 radical (unpaired) electrons. The van der Waals surface area contributed by atoms with Gasteiger partial charge in [-0.1, -0.05) is 12.1 Å². The predicted octanol–water partition coefficient (Wildman–Crippen LogP) is 1.79. The Hall–Kier alpha value is -3.56. The lowest BCUT2D eigenvalue weighted by Crippen LogP contribution is -2.28. The minimum absolute atomic E-state index is 0.0895. The lowest BCUT2D eigenvalue weighted by atomic mass is 10.0. The van der Waals surface area contributed by atoms with Gasteiger partial charge in [0, 0.05) is 44.4 Å². The molecule has 0 saturated carbocycles. The Morgan fingerprint density at radius 2 is 2.06 bits per heavy atom. The fourth-order valence-electron chi connectivity index (χ4n) is 4.10. The van der Waals surface area contributed by atoms with E-state index in [-0.39, 0.29) is 17.8 Å². The summed E-state index contributed by atoms with van der Waals surface area (Å²) in [5.74, 6) is 0.173. The molecule has 9 nitrogen and oxygen atoms in total. The van der Waals surface area contributed by atoms with Crippen molar-refractivity contribution in [2.24, 2.45) is 5.92 Å². The first-order valence-corrected chi connectivity index (χ1v) is 11.2. The number of ether oxygens (including phenoxy) is 1. The van der Waals surface area contributed by atoms with Crippen molar-refractivity contribution in [1.82, 2.24) is 29.4 Å². The van der Waals surface area contributed by atoms with E-state index >= 15 is 0 Å². The van der Waals surface area contributed by atoms with Crippen molar-refractivity contribution >= 4 is 17.2 Å². The summed E-state index contributed by atoms with van der Waals surface area (Å²) in [6.07, 6.45) is 7.92. The molecule has 170 valence electrons. The highest BCUT2D eigenvalue weighted by Crippen LogP contribution is 2.13. The number of nitrogens with one attached hydrogen (secondary N) is 2. The van der Waals surface area contributed by atoms with Gasteiger partial charge in [-0.25, -0.2) is 9.97 Å². The van der Waals surface area contributed by atoms with Gasteiger partial charge in [-0.3, -0.25) is 14.0 Å². The van der Waals surface area contributed by atoms with E-state index in [4.69, 9.17) is 4.74 Å². The average Bonchev–Trinajstić information content (AvgIpc) is 3.25. The molecule has 4 aromatic rings. The normalized spacial score (nSPS) is 16.3. The van der Waals surface area contributed by atoms with E-state index < -0.39 is 5.91 Å². The fourth-order valence-corrected chi connectivity index (χ4v) is 4.10. The summed E-state index contributed by atoms with van der Waals surface area (Å²) in [6, 6.07) is 10.5. The van der Waals surface area contributed by atoms with Gasteiger partial charge in [0.25, 0.3) is 11.5 Å². The first-order chi connectivity index (χ1) is 16.2. The van der Waals surface area contributed by atoms with E-state index in [0.29, 0.717) is 11.6 Å². The summed E-state index contributed by atoms with van der Waals surface area (Å²) in [4.78, 5) is 33.6. The van der Waals surface area contributed by atoms with Crippen molar-refractivity contribution in [2.75, 3.05) is 19.8 Å². The molecule has 1 saturated heterocycles. The molecule has 0 bridgehead atoms. The van der Waals surface area contributed by atoms with Crippen LogP contribution in [0.3, 0.4) is 0 Å². The number of pyridine rings is 2. The highest BCUT2D eigenvalue weighted by Gasteiger charge is 2.14. The molecule has 1 aliphatic rings. The van der Waals surface area contributed by atoms with Gasteiger partial charge in [-0.15, -0.1) is 0 Å². The molecule has 33 heavy (non-hydrogen) atoms. The van der Waals surface area contributed by atoms with E-state index in [0.717, 1.165) is 49.6 Å². The topological polar surface area (TPSA) is 102 Å². The maximum absolute atomic E-state index is 12.6. The number of imidazole rings is 1. The number of carbonyl (C=O) groups is 1. The second kappa shape index (κ2) is 9.51. The number of fused-ring (bicyclic) bond motifs is 2. The quantitative estimate of drug-likeness (QED) is 0.449. The zero-order chi connectivity index (χ0) is 22.6. The van der Waals surface area contributed by atoms with Gasteiger partial charge in [0.1, 0.15) is 17.0 Å². The van der Waals surface area contributed by atoms with Crippen LogP contribution in [-0.2, 0) is 17.8 Å². The van der Waals surface area contributed by atoms with Gasteiger partial charge in [-0.2, -0.15) is 0 Å². The molecule has 5 rings (SSSR count). The number of hydrogen-bond acceptors (Lipinski definition) is 6. The van der Waals surface area contributed by atoms with Crippen LogP contribution >= 0.6 is 0 Å². The molecule has 9 heteroatoms. The molecular weight excluding hydrogens is 420 g/mol. The van der Waals surface area contributed by atoms with E-state index in [1.54, 1.807) is 24.4 Å². The summed E-state index contributed by atoms with van der Waals surface area (Å²) in [7, 11) is 0. The van der Waals surface area contributed by atoms with Crippen molar-refractivity contribution in [1.29, 1.82) is 0 Å². The van der Waals surface area contributed by atoms with Gasteiger partial charge >= 0.3 is 0 Å². The minimum Gasteiger partial charge on any atom is -0.381 e. The summed E-state index contributed by atoms with van der Waals surface area (Å²) in [6.45, 7) is 3.69. The Labute approximate surface area is 190 Å². The first-order valence-electron chi connectivity index (χ1n) is 11.2. The van der Waals surface area contributed by atoms with Crippen LogP contribution in [0.1, 0.15) is 34.6 Å². The largest absolute Gasteiger partial charge is 0.381 e. The van der Waals surface area contributed by atoms with Gasteiger partial charge < -0.3 is 19.8 Å². The number of hydrogen-bond donors (Lipinski definition) is 2. The molecule has 5 heterocycles. The van der Waals surface area contributed by atoms with Crippen LogP contribution in [0.15, 0.2) is 59.8 Å². The standard InChI is InChI=1S/C24H26N6O3/c31-23-10-20(28-22-5-1-2-8-30(22)23)24(32)26-13-19-15-29-14-17(6-7-21(29)27-19)11-25-12-18-4-3-9-33-16-18/h1-2,5-8,10,14-15,18,25H,3-4,9,11-13,16H2,(H,26,32). The van der Waals surface area contributed by atoms with Crippen molar-refractivity contribution in [3.8, 4) is 0 Å². The molecule has 1 fully saturated rings. The Kier molecular flexibility index (Phi) is 6.14. The average molecular weight is 447 g/mol. The molecule has 1 atom stereocenters. The van der Waals surface area contributed by atoms with Crippen LogP contribution in [0.25, 0.3) is 11.3 Å². The molecule has 0 aromatic carbocycles. The Balaban J connectivity index is 1.20. The third kappa shape index (κ3) is 4.94. The maximum atomic E-state index is 12.6. The van der Waals surface area contributed by atoms with E-state index in [1.807, 2.05) is 22.9 Å². The van der Waals surface area contributed by atoms with Crippen molar-refractivity contribution in [3.05, 3.63) is 82.3 Å². The zero-order valence-electron chi connectivity index (χ0n) is 18.2. The summed E-state index contributed by atoms with van der Waals surface area (Å²) >= 11 is 0. The van der Waals surface area contributed by atoms with Crippen molar-refractivity contribution < 1.29 is 9.53 Å². The molecule has 1 unspecified atom stereocenters. The Bertz CT molecular complexity index is 1340. The minimum atomic E-state index is -0.410. The molecule has 0 spiro atoms. The Morgan fingerprint density at radius 1 is 1.12 bits per heavy atom. The van der Waals surface area contributed by atoms with Gasteiger partial charge in [-0.05, 0) is 42.5 Å². The van der Waals surface area contributed by atoms with Crippen LogP contribution in [0.5, 0.6) is 0 Å². The molecule has 0 aliphatic carbocycles. The third-order valence-electron chi connectivity index (χ3n) is 5.81. The fraction of sp³-hybridized carbons (Fsp3) is 0.333. The maximum Gasteiger partial charge on any atom is 0.270 e.